The monoisotopic (exact) mass is 380 g/mol. The van der Waals surface area contributed by atoms with Crippen molar-refractivity contribution in [3.05, 3.63) is 54.1 Å². The minimum atomic E-state index is 0.0622. The number of hydrogen-bond acceptors (Lipinski definition) is 4. The fourth-order valence-electron chi connectivity index (χ4n) is 4.15. The molecule has 148 valence electrons. The van der Waals surface area contributed by atoms with E-state index in [0.717, 1.165) is 42.9 Å². The van der Waals surface area contributed by atoms with E-state index >= 15 is 0 Å². The molecular weight excluding hydrogens is 352 g/mol. The molecule has 1 saturated carbocycles. The summed E-state index contributed by atoms with van der Waals surface area (Å²) >= 11 is 0. The lowest BCUT2D eigenvalue weighted by Gasteiger charge is -2.27. The average Bonchev–Trinajstić information content (AvgIpc) is 3.36. The Labute approximate surface area is 166 Å². The highest BCUT2D eigenvalue weighted by Crippen LogP contribution is 2.36. The third-order valence-electron chi connectivity index (χ3n) is 5.66. The van der Waals surface area contributed by atoms with Crippen LogP contribution in [0.15, 0.2) is 48.5 Å². The van der Waals surface area contributed by atoms with Crippen LogP contribution in [0.4, 0.5) is 5.69 Å². The SMILES string of the molecule is COc1ccc(N2NC(=O)CC2CCc2ccccc2)cc1OC1CCCC1. The predicted octanol–water partition coefficient (Wildman–Crippen LogP) is 4.26. The fourth-order valence-corrected chi connectivity index (χ4v) is 4.15. The first kappa shape index (κ1) is 18.7. The number of hydrazine groups is 1. The van der Waals surface area contributed by atoms with Crippen molar-refractivity contribution in [2.75, 3.05) is 12.1 Å². The number of ether oxygens (including phenoxy) is 2. The molecule has 0 aromatic heterocycles. The van der Waals surface area contributed by atoms with Gasteiger partial charge < -0.3 is 9.47 Å². The summed E-state index contributed by atoms with van der Waals surface area (Å²) in [6.45, 7) is 0. The highest BCUT2D eigenvalue weighted by atomic mass is 16.5. The van der Waals surface area contributed by atoms with Gasteiger partial charge in [0.15, 0.2) is 11.5 Å². The highest BCUT2D eigenvalue weighted by molar-refractivity contribution is 5.82. The van der Waals surface area contributed by atoms with Crippen molar-refractivity contribution in [2.24, 2.45) is 0 Å². The number of benzene rings is 2. The minimum Gasteiger partial charge on any atom is -0.493 e. The van der Waals surface area contributed by atoms with Gasteiger partial charge in [-0.15, -0.1) is 0 Å². The molecule has 0 radical (unpaired) electrons. The Balaban J connectivity index is 1.51. The summed E-state index contributed by atoms with van der Waals surface area (Å²) in [7, 11) is 1.66. The lowest BCUT2D eigenvalue weighted by Crippen LogP contribution is -2.38. The zero-order valence-corrected chi connectivity index (χ0v) is 16.4. The summed E-state index contributed by atoms with van der Waals surface area (Å²) in [5.41, 5.74) is 5.25. The Morgan fingerprint density at radius 2 is 1.86 bits per heavy atom. The average molecular weight is 380 g/mol. The number of methoxy groups -OCH3 is 1. The molecule has 1 aliphatic heterocycles. The molecule has 1 unspecified atom stereocenters. The van der Waals surface area contributed by atoms with E-state index in [2.05, 4.69) is 29.7 Å². The maximum Gasteiger partial charge on any atom is 0.240 e. The third-order valence-corrected chi connectivity index (χ3v) is 5.66. The molecule has 0 bridgehead atoms. The van der Waals surface area contributed by atoms with E-state index in [-0.39, 0.29) is 18.1 Å². The van der Waals surface area contributed by atoms with E-state index in [0.29, 0.717) is 6.42 Å². The second-order valence-corrected chi connectivity index (χ2v) is 7.65. The van der Waals surface area contributed by atoms with Crippen LogP contribution in [-0.4, -0.2) is 25.2 Å². The Kier molecular flexibility index (Phi) is 5.70. The van der Waals surface area contributed by atoms with E-state index in [1.165, 1.54) is 18.4 Å². The molecule has 0 spiro atoms. The van der Waals surface area contributed by atoms with Gasteiger partial charge in [0, 0.05) is 6.07 Å². The number of rotatable bonds is 7. The predicted molar refractivity (Wildman–Crippen MR) is 110 cm³/mol. The van der Waals surface area contributed by atoms with Gasteiger partial charge in [0.25, 0.3) is 0 Å². The number of hydrogen-bond donors (Lipinski definition) is 1. The summed E-state index contributed by atoms with van der Waals surface area (Å²) < 4.78 is 11.7. The molecule has 1 saturated heterocycles. The first-order chi connectivity index (χ1) is 13.7. The molecule has 2 aliphatic rings. The quantitative estimate of drug-likeness (QED) is 0.780. The molecule has 4 rings (SSSR count). The van der Waals surface area contributed by atoms with Crippen LogP contribution in [0, 0.1) is 0 Å². The van der Waals surface area contributed by atoms with Gasteiger partial charge in [0.2, 0.25) is 5.91 Å². The van der Waals surface area contributed by atoms with Crippen LogP contribution < -0.4 is 19.9 Å². The number of anilines is 1. The lowest BCUT2D eigenvalue weighted by molar-refractivity contribution is -0.119. The van der Waals surface area contributed by atoms with Crippen LogP contribution in [-0.2, 0) is 11.2 Å². The summed E-state index contributed by atoms with van der Waals surface area (Å²) in [6.07, 6.45) is 7.24. The van der Waals surface area contributed by atoms with E-state index in [9.17, 15) is 4.79 Å². The van der Waals surface area contributed by atoms with Crippen LogP contribution in [0.5, 0.6) is 11.5 Å². The highest BCUT2D eigenvalue weighted by Gasteiger charge is 2.31. The smallest absolute Gasteiger partial charge is 0.240 e. The van der Waals surface area contributed by atoms with Gasteiger partial charge in [-0.3, -0.25) is 15.2 Å². The van der Waals surface area contributed by atoms with Crippen LogP contribution in [0.25, 0.3) is 0 Å². The molecule has 2 aromatic rings. The Hall–Kier alpha value is -2.69. The number of nitrogens with one attached hydrogen (secondary N) is 1. The number of nitrogens with zero attached hydrogens (tertiary/aromatic N) is 1. The van der Waals surface area contributed by atoms with Gasteiger partial charge in [-0.25, -0.2) is 0 Å². The fraction of sp³-hybridized carbons (Fsp3) is 0.435. The lowest BCUT2D eigenvalue weighted by atomic mass is 10.0. The first-order valence-electron chi connectivity index (χ1n) is 10.2. The van der Waals surface area contributed by atoms with Crippen molar-refractivity contribution in [3.63, 3.8) is 0 Å². The van der Waals surface area contributed by atoms with Crippen LogP contribution in [0.2, 0.25) is 0 Å². The normalized spacial score (nSPS) is 19.7. The zero-order chi connectivity index (χ0) is 19.3. The van der Waals surface area contributed by atoms with Crippen molar-refractivity contribution in [1.82, 2.24) is 5.43 Å². The standard InChI is InChI=1S/C23H28N2O3/c1-27-21-14-13-18(15-22(21)28-20-9-5-6-10-20)25-19(16-23(26)24-25)12-11-17-7-3-2-4-8-17/h2-4,7-8,13-15,19-20H,5-6,9-12,16H2,1H3,(H,24,26). The van der Waals surface area contributed by atoms with Gasteiger partial charge in [0.05, 0.1) is 31.4 Å². The Morgan fingerprint density at radius 1 is 1.07 bits per heavy atom. The number of aryl methyl sites for hydroxylation is 1. The molecule has 2 fully saturated rings. The molecular formula is C23H28N2O3. The third kappa shape index (κ3) is 4.24. The molecule has 2 aromatic carbocycles. The van der Waals surface area contributed by atoms with Crippen molar-refractivity contribution >= 4 is 11.6 Å². The van der Waals surface area contributed by atoms with Crippen LogP contribution in [0.3, 0.4) is 0 Å². The van der Waals surface area contributed by atoms with Gasteiger partial charge in [-0.2, -0.15) is 0 Å². The molecule has 1 aliphatic carbocycles. The maximum absolute atomic E-state index is 12.1. The van der Waals surface area contributed by atoms with Gasteiger partial charge >= 0.3 is 0 Å². The van der Waals surface area contributed by atoms with E-state index in [1.54, 1.807) is 7.11 Å². The molecule has 1 N–H and O–H groups in total. The van der Waals surface area contributed by atoms with Gasteiger partial charge in [-0.1, -0.05) is 30.3 Å². The first-order valence-corrected chi connectivity index (χ1v) is 10.2. The molecule has 5 heteroatoms. The summed E-state index contributed by atoms with van der Waals surface area (Å²) in [5, 5.41) is 1.99. The number of carbonyl (C=O) groups excluding carboxylic acids is 1. The van der Waals surface area contributed by atoms with E-state index in [1.807, 2.05) is 29.3 Å². The van der Waals surface area contributed by atoms with E-state index in [4.69, 9.17) is 9.47 Å². The van der Waals surface area contributed by atoms with E-state index < -0.39 is 0 Å². The second-order valence-electron chi connectivity index (χ2n) is 7.65. The molecule has 1 atom stereocenters. The number of amides is 1. The summed E-state index contributed by atoms with van der Waals surface area (Å²) in [5.74, 6) is 1.56. The summed E-state index contributed by atoms with van der Waals surface area (Å²) in [4.78, 5) is 12.1. The van der Waals surface area contributed by atoms with Crippen molar-refractivity contribution in [2.45, 2.75) is 57.1 Å². The minimum absolute atomic E-state index is 0.0622. The van der Waals surface area contributed by atoms with Crippen molar-refractivity contribution < 1.29 is 14.3 Å². The molecule has 1 amide bonds. The molecule has 28 heavy (non-hydrogen) atoms. The number of carbonyl (C=O) groups is 1. The van der Waals surface area contributed by atoms with Crippen molar-refractivity contribution in [3.8, 4) is 11.5 Å². The Morgan fingerprint density at radius 3 is 2.61 bits per heavy atom. The Bertz CT molecular complexity index is 803. The molecule has 5 nitrogen and oxygen atoms in total. The topological polar surface area (TPSA) is 50.8 Å². The molecule has 1 heterocycles. The zero-order valence-electron chi connectivity index (χ0n) is 16.4. The van der Waals surface area contributed by atoms with Crippen LogP contribution >= 0.6 is 0 Å². The van der Waals surface area contributed by atoms with Crippen molar-refractivity contribution in [1.29, 1.82) is 0 Å². The van der Waals surface area contributed by atoms with Gasteiger partial charge in [0.1, 0.15) is 0 Å². The maximum atomic E-state index is 12.1. The van der Waals surface area contributed by atoms with Crippen LogP contribution in [0.1, 0.15) is 44.1 Å². The summed E-state index contributed by atoms with van der Waals surface area (Å²) in [6, 6.07) is 16.5. The van der Waals surface area contributed by atoms with Gasteiger partial charge in [-0.05, 0) is 56.2 Å². The second kappa shape index (κ2) is 8.55. The largest absolute Gasteiger partial charge is 0.493 e.